The molecule has 3 heteroatoms. The third-order valence-corrected chi connectivity index (χ3v) is 1.90. The minimum atomic E-state index is -0.110. The molecule has 0 atom stereocenters. The molecule has 0 radical (unpaired) electrons. The van der Waals surface area contributed by atoms with Crippen LogP contribution in [0.5, 0.6) is 0 Å². The molecule has 1 heterocycles. The molecule has 0 aliphatic rings. The number of hydrogen-bond acceptors (Lipinski definition) is 3. The van der Waals surface area contributed by atoms with Crippen LogP contribution >= 0.6 is 0 Å². The summed E-state index contributed by atoms with van der Waals surface area (Å²) in [5, 5.41) is 0. The van der Waals surface area contributed by atoms with E-state index < -0.39 is 0 Å². The second kappa shape index (κ2) is 6.13. The molecule has 0 bridgehead atoms. The number of nitrogens with zero attached hydrogens (tertiary/aromatic N) is 1. The molecule has 0 saturated heterocycles. The van der Waals surface area contributed by atoms with Crippen LogP contribution in [0.15, 0.2) is 24.5 Å². The summed E-state index contributed by atoms with van der Waals surface area (Å²) in [7, 11) is 0. The van der Waals surface area contributed by atoms with Gasteiger partial charge >= 0.3 is 5.97 Å². The Bertz CT molecular complexity index is 272. The summed E-state index contributed by atoms with van der Waals surface area (Å²) >= 11 is 0. The molecular weight excluding hydrogens is 178 g/mol. The van der Waals surface area contributed by atoms with Crippen molar-refractivity contribution in [2.45, 2.75) is 26.2 Å². The fraction of sp³-hybridized carbons (Fsp3) is 0.455. The van der Waals surface area contributed by atoms with Crippen molar-refractivity contribution in [3.8, 4) is 0 Å². The monoisotopic (exact) mass is 193 g/mol. The second-order valence-corrected chi connectivity index (χ2v) is 3.01. The third kappa shape index (κ3) is 4.03. The number of aromatic nitrogens is 1. The van der Waals surface area contributed by atoms with E-state index in [1.807, 2.05) is 19.1 Å². The van der Waals surface area contributed by atoms with E-state index in [1.54, 1.807) is 12.4 Å². The molecular formula is C11H15NO2. The first kappa shape index (κ1) is 10.7. The smallest absolute Gasteiger partial charge is 0.305 e. The van der Waals surface area contributed by atoms with E-state index in [4.69, 9.17) is 4.74 Å². The lowest BCUT2D eigenvalue weighted by atomic mass is 10.1. The van der Waals surface area contributed by atoms with E-state index in [0.29, 0.717) is 13.0 Å². The minimum Gasteiger partial charge on any atom is -0.466 e. The van der Waals surface area contributed by atoms with Gasteiger partial charge in [0.1, 0.15) is 0 Å². The number of pyridine rings is 1. The lowest BCUT2D eigenvalue weighted by Crippen LogP contribution is -2.03. The van der Waals surface area contributed by atoms with Crippen LogP contribution in [0.1, 0.15) is 25.3 Å². The third-order valence-electron chi connectivity index (χ3n) is 1.90. The number of ether oxygens (including phenoxy) is 1. The standard InChI is InChI=1S/C11H15NO2/c1-2-14-11(13)5-3-4-10-6-8-12-9-7-10/h6-9H,2-5H2,1H3. The van der Waals surface area contributed by atoms with Crippen LogP contribution in [0.2, 0.25) is 0 Å². The van der Waals surface area contributed by atoms with Crippen molar-refractivity contribution in [1.29, 1.82) is 0 Å². The van der Waals surface area contributed by atoms with E-state index >= 15 is 0 Å². The van der Waals surface area contributed by atoms with Crippen molar-refractivity contribution < 1.29 is 9.53 Å². The summed E-state index contributed by atoms with van der Waals surface area (Å²) in [5.74, 6) is -0.110. The maximum atomic E-state index is 11.0. The zero-order valence-corrected chi connectivity index (χ0v) is 8.40. The SMILES string of the molecule is CCOC(=O)CCCc1ccncc1. The van der Waals surface area contributed by atoms with Gasteiger partial charge in [-0.3, -0.25) is 9.78 Å². The summed E-state index contributed by atoms with van der Waals surface area (Å²) < 4.78 is 4.83. The first-order valence-electron chi connectivity index (χ1n) is 4.87. The Balaban J connectivity index is 2.19. The summed E-state index contributed by atoms with van der Waals surface area (Å²) in [6.45, 7) is 2.29. The summed E-state index contributed by atoms with van der Waals surface area (Å²) in [4.78, 5) is 14.9. The van der Waals surface area contributed by atoms with Gasteiger partial charge in [0.15, 0.2) is 0 Å². The molecule has 0 fully saturated rings. The van der Waals surface area contributed by atoms with Gasteiger partial charge in [-0.1, -0.05) is 0 Å². The van der Waals surface area contributed by atoms with E-state index in [0.717, 1.165) is 12.8 Å². The molecule has 0 amide bonds. The Morgan fingerprint density at radius 2 is 2.14 bits per heavy atom. The number of rotatable bonds is 5. The Morgan fingerprint density at radius 3 is 2.79 bits per heavy atom. The molecule has 0 aliphatic heterocycles. The molecule has 0 aromatic carbocycles. The molecule has 1 rings (SSSR count). The van der Waals surface area contributed by atoms with E-state index in [9.17, 15) is 4.79 Å². The van der Waals surface area contributed by atoms with E-state index in [-0.39, 0.29) is 5.97 Å². The van der Waals surface area contributed by atoms with Crippen LogP contribution < -0.4 is 0 Å². The summed E-state index contributed by atoms with van der Waals surface area (Å²) in [5.41, 5.74) is 1.21. The molecule has 0 spiro atoms. The summed E-state index contributed by atoms with van der Waals surface area (Å²) in [6.07, 6.45) is 5.76. The molecule has 3 nitrogen and oxygen atoms in total. The topological polar surface area (TPSA) is 39.2 Å². The normalized spacial score (nSPS) is 9.79. The molecule has 1 aromatic rings. The minimum absolute atomic E-state index is 0.110. The fourth-order valence-electron chi connectivity index (χ4n) is 1.22. The Labute approximate surface area is 84.1 Å². The number of esters is 1. The lowest BCUT2D eigenvalue weighted by Gasteiger charge is -2.01. The Hall–Kier alpha value is -1.38. The highest BCUT2D eigenvalue weighted by molar-refractivity contribution is 5.69. The van der Waals surface area contributed by atoms with Crippen molar-refractivity contribution >= 4 is 5.97 Å². The van der Waals surface area contributed by atoms with Gasteiger partial charge in [-0.05, 0) is 37.5 Å². The van der Waals surface area contributed by atoms with Crippen molar-refractivity contribution in [1.82, 2.24) is 4.98 Å². The highest BCUT2D eigenvalue weighted by Crippen LogP contribution is 2.03. The van der Waals surface area contributed by atoms with Gasteiger partial charge in [-0.2, -0.15) is 0 Å². The number of aryl methyl sites for hydroxylation is 1. The maximum Gasteiger partial charge on any atom is 0.305 e. The van der Waals surface area contributed by atoms with Gasteiger partial charge in [0.2, 0.25) is 0 Å². The van der Waals surface area contributed by atoms with Crippen LogP contribution in [0.4, 0.5) is 0 Å². The van der Waals surface area contributed by atoms with Gasteiger partial charge in [-0.15, -0.1) is 0 Å². The van der Waals surface area contributed by atoms with Crippen LogP contribution in [0, 0.1) is 0 Å². The highest BCUT2D eigenvalue weighted by atomic mass is 16.5. The van der Waals surface area contributed by atoms with Gasteiger partial charge in [0, 0.05) is 18.8 Å². The molecule has 0 aliphatic carbocycles. The van der Waals surface area contributed by atoms with Gasteiger partial charge in [0.25, 0.3) is 0 Å². The second-order valence-electron chi connectivity index (χ2n) is 3.01. The maximum absolute atomic E-state index is 11.0. The Morgan fingerprint density at radius 1 is 1.43 bits per heavy atom. The molecule has 0 unspecified atom stereocenters. The average Bonchev–Trinajstić information content (AvgIpc) is 2.20. The number of carbonyl (C=O) groups excluding carboxylic acids is 1. The van der Waals surface area contributed by atoms with Crippen LogP contribution in [0.3, 0.4) is 0 Å². The highest BCUT2D eigenvalue weighted by Gasteiger charge is 2.00. The molecule has 76 valence electrons. The van der Waals surface area contributed by atoms with Crippen molar-refractivity contribution in [2.75, 3.05) is 6.61 Å². The van der Waals surface area contributed by atoms with Crippen molar-refractivity contribution in [2.24, 2.45) is 0 Å². The van der Waals surface area contributed by atoms with E-state index in [1.165, 1.54) is 5.56 Å². The first-order valence-corrected chi connectivity index (χ1v) is 4.87. The van der Waals surface area contributed by atoms with Gasteiger partial charge in [-0.25, -0.2) is 0 Å². The van der Waals surface area contributed by atoms with Crippen molar-refractivity contribution in [3.63, 3.8) is 0 Å². The Kier molecular flexibility index (Phi) is 4.69. The lowest BCUT2D eigenvalue weighted by molar-refractivity contribution is -0.143. The predicted molar refractivity (Wildman–Crippen MR) is 53.8 cm³/mol. The number of hydrogen-bond donors (Lipinski definition) is 0. The molecule has 0 N–H and O–H groups in total. The van der Waals surface area contributed by atoms with E-state index in [2.05, 4.69) is 4.98 Å². The quantitative estimate of drug-likeness (QED) is 0.671. The number of carbonyl (C=O) groups is 1. The van der Waals surface area contributed by atoms with Crippen LogP contribution in [0.25, 0.3) is 0 Å². The van der Waals surface area contributed by atoms with Crippen LogP contribution in [-0.4, -0.2) is 17.6 Å². The average molecular weight is 193 g/mol. The molecule has 14 heavy (non-hydrogen) atoms. The van der Waals surface area contributed by atoms with Gasteiger partial charge in [0.05, 0.1) is 6.61 Å². The zero-order valence-electron chi connectivity index (χ0n) is 8.40. The first-order chi connectivity index (χ1) is 6.83. The zero-order chi connectivity index (χ0) is 10.2. The van der Waals surface area contributed by atoms with Crippen LogP contribution in [-0.2, 0) is 16.0 Å². The molecule has 0 saturated carbocycles. The summed E-state index contributed by atoms with van der Waals surface area (Å²) in [6, 6.07) is 3.93. The predicted octanol–water partition coefficient (Wildman–Crippen LogP) is 1.97. The van der Waals surface area contributed by atoms with Gasteiger partial charge < -0.3 is 4.74 Å². The molecule has 1 aromatic heterocycles. The largest absolute Gasteiger partial charge is 0.466 e. The van der Waals surface area contributed by atoms with Crippen molar-refractivity contribution in [3.05, 3.63) is 30.1 Å². The fourth-order valence-corrected chi connectivity index (χ4v) is 1.22.